The first-order valence-electron chi connectivity index (χ1n) is 4.17. The van der Waals surface area contributed by atoms with Crippen molar-refractivity contribution in [3.05, 3.63) is 12.2 Å². The fourth-order valence-electron chi connectivity index (χ4n) is 1.09. The van der Waals surface area contributed by atoms with Gasteiger partial charge in [0.1, 0.15) is 6.17 Å². The molecule has 0 aromatic rings. The minimum Gasteiger partial charge on any atom is -0.319 e. The first-order valence-corrected chi connectivity index (χ1v) is 4.17. The Morgan fingerprint density at radius 1 is 1.55 bits per heavy atom. The molecule has 2 heteroatoms. The fourth-order valence-corrected chi connectivity index (χ4v) is 1.09. The maximum absolute atomic E-state index is 13.1. The molecule has 0 rings (SSSR count). The highest BCUT2D eigenvalue weighted by atomic mass is 19.1. The third-order valence-corrected chi connectivity index (χ3v) is 1.82. The van der Waals surface area contributed by atoms with Gasteiger partial charge in [-0.05, 0) is 20.4 Å². The van der Waals surface area contributed by atoms with E-state index in [-0.39, 0.29) is 5.92 Å². The third-order valence-electron chi connectivity index (χ3n) is 1.82. The van der Waals surface area contributed by atoms with Crippen molar-refractivity contribution in [2.75, 3.05) is 13.6 Å². The van der Waals surface area contributed by atoms with Crippen LogP contribution in [0.5, 0.6) is 0 Å². The molecule has 0 heterocycles. The van der Waals surface area contributed by atoms with E-state index in [0.717, 1.165) is 13.0 Å². The summed E-state index contributed by atoms with van der Waals surface area (Å²) in [4.78, 5) is 0. The van der Waals surface area contributed by atoms with Crippen molar-refractivity contribution in [3.63, 3.8) is 0 Å². The summed E-state index contributed by atoms with van der Waals surface area (Å²) in [6, 6.07) is 0. The SMILES string of the molecule is C/C=C\C(F)C(CC)CNC. The zero-order chi connectivity index (χ0) is 8.69. The van der Waals surface area contributed by atoms with Crippen LogP contribution in [0.15, 0.2) is 12.2 Å². The van der Waals surface area contributed by atoms with Gasteiger partial charge in [0.2, 0.25) is 0 Å². The van der Waals surface area contributed by atoms with Gasteiger partial charge in [-0.25, -0.2) is 4.39 Å². The molecule has 0 aliphatic carbocycles. The summed E-state index contributed by atoms with van der Waals surface area (Å²) in [5.41, 5.74) is 0. The molecule has 0 aliphatic heterocycles. The molecule has 1 N–H and O–H groups in total. The first-order chi connectivity index (χ1) is 5.26. The monoisotopic (exact) mass is 159 g/mol. The van der Waals surface area contributed by atoms with Crippen LogP contribution in [-0.4, -0.2) is 19.8 Å². The molecular formula is C9H18FN. The van der Waals surface area contributed by atoms with Crippen LogP contribution in [-0.2, 0) is 0 Å². The van der Waals surface area contributed by atoms with Gasteiger partial charge >= 0.3 is 0 Å². The number of nitrogens with one attached hydrogen (secondary N) is 1. The summed E-state index contributed by atoms with van der Waals surface area (Å²) >= 11 is 0. The van der Waals surface area contributed by atoms with Crippen LogP contribution in [0.2, 0.25) is 0 Å². The average molecular weight is 159 g/mol. The lowest BCUT2D eigenvalue weighted by atomic mass is 10.0. The minimum atomic E-state index is -0.794. The average Bonchev–Trinajstić information content (AvgIpc) is 2.00. The Bertz CT molecular complexity index is 112. The van der Waals surface area contributed by atoms with Gasteiger partial charge in [0.15, 0.2) is 0 Å². The number of hydrogen-bond donors (Lipinski definition) is 1. The number of allylic oxidation sites excluding steroid dienone is 2. The summed E-state index contributed by atoms with van der Waals surface area (Å²) in [5, 5.41) is 2.98. The number of alkyl halides is 1. The Labute approximate surface area is 68.7 Å². The van der Waals surface area contributed by atoms with Crippen molar-refractivity contribution in [2.24, 2.45) is 5.92 Å². The van der Waals surface area contributed by atoms with Gasteiger partial charge in [0, 0.05) is 12.5 Å². The molecule has 11 heavy (non-hydrogen) atoms. The second-order valence-electron chi connectivity index (χ2n) is 2.70. The standard InChI is InChI=1S/C9H18FN/c1-4-6-9(10)8(5-2)7-11-3/h4,6,8-9,11H,5,7H2,1-3H3/b6-4-. The molecule has 1 nitrogen and oxygen atoms in total. The number of halogens is 1. The van der Waals surface area contributed by atoms with Crippen LogP contribution in [0.1, 0.15) is 20.3 Å². The van der Waals surface area contributed by atoms with Crippen LogP contribution in [0, 0.1) is 5.92 Å². The predicted octanol–water partition coefficient (Wildman–Crippen LogP) is 2.15. The summed E-state index contributed by atoms with van der Waals surface area (Å²) in [5.74, 6) is 0.121. The normalized spacial score (nSPS) is 17.1. The predicted molar refractivity (Wildman–Crippen MR) is 47.4 cm³/mol. The smallest absolute Gasteiger partial charge is 0.122 e. The summed E-state index contributed by atoms with van der Waals surface area (Å²) in [7, 11) is 1.85. The van der Waals surface area contributed by atoms with Gasteiger partial charge in [-0.15, -0.1) is 0 Å². The number of hydrogen-bond acceptors (Lipinski definition) is 1. The van der Waals surface area contributed by atoms with Crippen molar-refractivity contribution >= 4 is 0 Å². The molecule has 0 saturated carbocycles. The lowest BCUT2D eigenvalue weighted by Gasteiger charge is -2.15. The second kappa shape index (κ2) is 6.35. The Morgan fingerprint density at radius 3 is 2.55 bits per heavy atom. The molecular weight excluding hydrogens is 141 g/mol. The number of rotatable bonds is 5. The Hall–Kier alpha value is -0.370. The molecule has 0 amide bonds. The van der Waals surface area contributed by atoms with Gasteiger partial charge in [-0.3, -0.25) is 0 Å². The highest BCUT2D eigenvalue weighted by molar-refractivity contribution is 4.90. The molecule has 0 aliphatic rings. The van der Waals surface area contributed by atoms with Crippen molar-refractivity contribution in [1.82, 2.24) is 5.32 Å². The van der Waals surface area contributed by atoms with Crippen LogP contribution in [0.3, 0.4) is 0 Å². The van der Waals surface area contributed by atoms with Crippen LogP contribution < -0.4 is 5.32 Å². The van der Waals surface area contributed by atoms with Gasteiger partial charge in [0.05, 0.1) is 0 Å². The summed E-state index contributed by atoms with van der Waals surface area (Å²) in [6.45, 7) is 4.61. The second-order valence-corrected chi connectivity index (χ2v) is 2.70. The topological polar surface area (TPSA) is 12.0 Å². The lowest BCUT2D eigenvalue weighted by Crippen LogP contribution is -2.25. The Balaban J connectivity index is 3.80. The zero-order valence-electron chi connectivity index (χ0n) is 7.60. The van der Waals surface area contributed by atoms with E-state index in [1.165, 1.54) is 0 Å². The van der Waals surface area contributed by atoms with Crippen LogP contribution >= 0.6 is 0 Å². The van der Waals surface area contributed by atoms with Crippen molar-refractivity contribution in [1.29, 1.82) is 0 Å². The molecule has 0 radical (unpaired) electrons. The van der Waals surface area contributed by atoms with E-state index in [2.05, 4.69) is 5.32 Å². The fraction of sp³-hybridized carbons (Fsp3) is 0.778. The van der Waals surface area contributed by atoms with E-state index in [1.54, 1.807) is 12.2 Å². The van der Waals surface area contributed by atoms with E-state index >= 15 is 0 Å². The molecule has 2 unspecified atom stereocenters. The maximum atomic E-state index is 13.1. The van der Waals surface area contributed by atoms with E-state index in [0.29, 0.717) is 0 Å². The van der Waals surface area contributed by atoms with E-state index < -0.39 is 6.17 Å². The highest BCUT2D eigenvalue weighted by Crippen LogP contribution is 2.12. The van der Waals surface area contributed by atoms with E-state index in [9.17, 15) is 4.39 Å². The van der Waals surface area contributed by atoms with E-state index in [4.69, 9.17) is 0 Å². The van der Waals surface area contributed by atoms with Gasteiger partial charge < -0.3 is 5.32 Å². The maximum Gasteiger partial charge on any atom is 0.122 e. The molecule has 0 bridgehead atoms. The highest BCUT2D eigenvalue weighted by Gasteiger charge is 2.14. The molecule has 0 fully saturated rings. The van der Waals surface area contributed by atoms with E-state index in [1.807, 2.05) is 20.9 Å². The Kier molecular flexibility index (Phi) is 6.13. The van der Waals surface area contributed by atoms with Gasteiger partial charge in [0.25, 0.3) is 0 Å². The summed E-state index contributed by atoms with van der Waals surface area (Å²) in [6.07, 6.45) is 3.47. The largest absolute Gasteiger partial charge is 0.319 e. The zero-order valence-corrected chi connectivity index (χ0v) is 7.60. The quantitative estimate of drug-likeness (QED) is 0.606. The molecule has 0 aromatic carbocycles. The molecule has 2 atom stereocenters. The third kappa shape index (κ3) is 4.14. The van der Waals surface area contributed by atoms with Crippen LogP contribution in [0.4, 0.5) is 4.39 Å². The molecule has 0 saturated heterocycles. The Morgan fingerprint density at radius 2 is 2.18 bits per heavy atom. The minimum absolute atomic E-state index is 0.121. The first kappa shape index (κ1) is 10.6. The van der Waals surface area contributed by atoms with Crippen LogP contribution in [0.25, 0.3) is 0 Å². The van der Waals surface area contributed by atoms with Gasteiger partial charge in [-0.2, -0.15) is 0 Å². The lowest BCUT2D eigenvalue weighted by molar-refractivity contribution is 0.269. The summed E-state index contributed by atoms with van der Waals surface area (Å²) < 4.78 is 13.1. The van der Waals surface area contributed by atoms with Crippen molar-refractivity contribution < 1.29 is 4.39 Å². The molecule has 0 aromatic heterocycles. The van der Waals surface area contributed by atoms with Crippen molar-refractivity contribution in [3.8, 4) is 0 Å². The van der Waals surface area contributed by atoms with Gasteiger partial charge in [-0.1, -0.05) is 19.1 Å². The molecule has 66 valence electrons. The van der Waals surface area contributed by atoms with Crippen molar-refractivity contribution in [2.45, 2.75) is 26.4 Å². The molecule has 0 spiro atoms.